The molecule has 0 spiro atoms. The molecule has 1 saturated heterocycles. The number of aliphatic hydroxyl groups excluding tert-OH is 1. The number of cyclic esters (lactones) is 1. The van der Waals surface area contributed by atoms with Crippen molar-refractivity contribution in [1.29, 1.82) is 0 Å². The van der Waals surface area contributed by atoms with Crippen molar-refractivity contribution >= 4 is 22.9 Å². The molecular formula is C26H26FNO3. The summed E-state index contributed by atoms with van der Waals surface area (Å²) in [4.78, 5) is 11.5. The maximum Gasteiger partial charge on any atom is 0.309 e. The van der Waals surface area contributed by atoms with Crippen LogP contribution in [0.4, 0.5) is 4.39 Å². The Kier molecular flexibility index (Phi) is 6.05. The predicted octanol–water partition coefficient (Wildman–Crippen LogP) is 5.66. The van der Waals surface area contributed by atoms with E-state index in [-0.39, 0.29) is 24.2 Å². The van der Waals surface area contributed by atoms with Crippen LogP contribution in [0.25, 0.3) is 28.1 Å². The van der Waals surface area contributed by atoms with Gasteiger partial charge in [-0.1, -0.05) is 42.5 Å². The summed E-state index contributed by atoms with van der Waals surface area (Å²) in [7, 11) is 0. The van der Waals surface area contributed by atoms with Gasteiger partial charge < -0.3 is 14.4 Å². The average molecular weight is 419 g/mol. The first-order valence-electron chi connectivity index (χ1n) is 10.6. The van der Waals surface area contributed by atoms with Crippen molar-refractivity contribution in [1.82, 2.24) is 4.57 Å². The topological polar surface area (TPSA) is 51.5 Å². The zero-order chi connectivity index (χ0) is 22.0. The number of esters is 1. The summed E-state index contributed by atoms with van der Waals surface area (Å²) >= 11 is 0. The van der Waals surface area contributed by atoms with Crippen LogP contribution in [0.2, 0.25) is 0 Å². The normalized spacial score (nSPS) is 19.7. The Hall–Kier alpha value is -3.18. The van der Waals surface area contributed by atoms with Crippen molar-refractivity contribution in [3.63, 3.8) is 0 Å². The highest BCUT2D eigenvalue weighted by Crippen LogP contribution is 2.37. The number of ether oxygens (including phenoxy) is 1. The third kappa shape index (κ3) is 4.47. The van der Waals surface area contributed by atoms with Crippen LogP contribution in [0, 0.1) is 5.82 Å². The summed E-state index contributed by atoms with van der Waals surface area (Å²) in [5, 5.41) is 10.9. The lowest BCUT2D eigenvalue weighted by molar-refractivity contribution is -0.156. The molecule has 0 aliphatic carbocycles. The fraction of sp³-hybridized carbons (Fsp3) is 0.269. The Balaban J connectivity index is 1.75. The van der Waals surface area contributed by atoms with Gasteiger partial charge in [0.05, 0.1) is 12.5 Å². The summed E-state index contributed by atoms with van der Waals surface area (Å²) in [5.41, 5.74) is 4.14. The molecule has 2 heterocycles. The number of hydrogen-bond acceptors (Lipinski definition) is 3. The van der Waals surface area contributed by atoms with Crippen molar-refractivity contribution in [3.05, 3.63) is 78.3 Å². The number of aliphatic hydroxyl groups is 1. The lowest BCUT2D eigenvalue weighted by Gasteiger charge is -2.23. The highest BCUT2D eigenvalue weighted by molar-refractivity contribution is 6.01. The Morgan fingerprint density at radius 2 is 1.87 bits per heavy atom. The van der Waals surface area contributed by atoms with Gasteiger partial charge in [-0.3, -0.25) is 4.79 Å². The minimum absolute atomic E-state index is 0.0513. The van der Waals surface area contributed by atoms with E-state index >= 15 is 0 Å². The quantitative estimate of drug-likeness (QED) is 0.429. The number of carbonyl (C=O) groups is 1. The van der Waals surface area contributed by atoms with Gasteiger partial charge in [-0.25, -0.2) is 4.39 Å². The number of benzene rings is 2. The molecule has 0 saturated carbocycles. The summed E-state index contributed by atoms with van der Waals surface area (Å²) in [5.74, 6) is -0.642. The number of allylic oxidation sites excluding steroid dienone is 2. The molecule has 0 unspecified atom stereocenters. The van der Waals surface area contributed by atoms with Crippen molar-refractivity contribution in [2.75, 3.05) is 0 Å². The smallest absolute Gasteiger partial charge is 0.309 e. The first-order valence-corrected chi connectivity index (χ1v) is 10.6. The SMILES string of the molecule is CC(C)n1c(C=CC=C[C@@H]2C[C@@H](O)CC(=O)O2)c(-c2ccc(F)cc2)c2ccccc21. The van der Waals surface area contributed by atoms with Gasteiger partial charge in [0, 0.05) is 34.6 Å². The Morgan fingerprint density at radius 1 is 1.13 bits per heavy atom. The van der Waals surface area contributed by atoms with Crippen molar-refractivity contribution in [2.24, 2.45) is 0 Å². The molecule has 2 atom stereocenters. The largest absolute Gasteiger partial charge is 0.458 e. The minimum atomic E-state index is -0.659. The van der Waals surface area contributed by atoms with E-state index < -0.39 is 12.2 Å². The number of rotatable bonds is 5. The van der Waals surface area contributed by atoms with Gasteiger partial charge in [-0.05, 0) is 49.8 Å². The second-order valence-corrected chi connectivity index (χ2v) is 8.11. The summed E-state index contributed by atoms with van der Waals surface area (Å²) in [6, 6.07) is 15.0. The summed E-state index contributed by atoms with van der Waals surface area (Å²) < 4.78 is 21.1. The molecule has 1 N–H and O–H groups in total. The Morgan fingerprint density at radius 3 is 2.58 bits per heavy atom. The zero-order valence-electron chi connectivity index (χ0n) is 17.7. The van der Waals surface area contributed by atoms with Crippen LogP contribution in [0.1, 0.15) is 38.4 Å². The maximum atomic E-state index is 13.5. The van der Waals surface area contributed by atoms with Crippen molar-refractivity contribution in [2.45, 2.75) is 44.9 Å². The highest BCUT2D eigenvalue weighted by Gasteiger charge is 2.25. The van der Waals surface area contributed by atoms with Gasteiger partial charge >= 0.3 is 5.97 Å². The third-order valence-corrected chi connectivity index (χ3v) is 5.48. The zero-order valence-corrected chi connectivity index (χ0v) is 17.7. The van der Waals surface area contributed by atoms with Gasteiger partial charge in [-0.2, -0.15) is 0 Å². The maximum absolute atomic E-state index is 13.5. The van der Waals surface area contributed by atoms with E-state index in [1.54, 1.807) is 18.2 Å². The second kappa shape index (κ2) is 8.90. The first-order chi connectivity index (χ1) is 14.9. The van der Waals surface area contributed by atoms with Crippen LogP contribution < -0.4 is 0 Å². The van der Waals surface area contributed by atoms with Crippen LogP contribution in [0.15, 0.2) is 66.8 Å². The van der Waals surface area contributed by atoms with Crippen LogP contribution >= 0.6 is 0 Å². The van der Waals surface area contributed by atoms with Crippen LogP contribution in [-0.4, -0.2) is 27.9 Å². The molecule has 5 heteroatoms. The Bertz CT molecular complexity index is 1140. The van der Waals surface area contributed by atoms with Gasteiger partial charge in [0.15, 0.2) is 0 Å². The van der Waals surface area contributed by atoms with Gasteiger partial charge in [0.25, 0.3) is 0 Å². The number of aromatic nitrogens is 1. The fourth-order valence-electron chi connectivity index (χ4n) is 4.18. The molecule has 160 valence electrons. The van der Waals surface area contributed by atoms with Crippen LogP contribution in [0.5, 0.6) is 0 Å². The molecule has 2 aromatic carbocycles. The number of carbonyl (C=O) groups excluding carboxylic acids is 1. The van der Waals surface area contributed by atoms with E-state index in [4.69, 9.17) is 4.74 Å². The van der Waals surface area contributed by atoms with Gasteiger partial charge in [0.2, 0.25) is 0 Å². The standard InChI is InChI=1S/C26H26FNO3/c1-17(2)28-23-9-6-4-8-22(23)26(18-11-13-19(27)14-12-18)24(28)10-5-3-7-21-15-20(29)16-25(30)31-21/h3-14,17,20-21,29H,15-16H2,1-2H3/t20-,21-/m1/s1. The van der Waals surface area contributed by atoms with Gasteiger partial charge in [0.1, 0.15) is 11.9 Å². The molecule has 0 bridgehead atoms. The minimum Gasteiger partial charge on any atom is -0.458 e. The molecule has 0 amide bonds. The summed E-state index contributed by atoms with van der Waals surface area (Å²) in [6.45, 7) is 4.27. The highest BCUT2D eigenvalue weighted by atomic mass is 19.1. The number of para-hydroxylation sites is 1. The van der Waals surface area contributed by atoms with E-state index in [0.29, 0.717) is 6.42 Å². The van der Waals surface area contributed by atoms with E-state index in [2.05, 4.69) is 30.5 Å². The van der Waals surface area contributed by atoms with E-state index in [1.807, 2.05) is 30.4 Å². The van der Waals surface area contributed by atoms with Gasteiger partial charge in [-0.15, -0.1) is 0 Å². The van der Waals surface area contributed by atoms with Crippen LogP contribution in [-0.2, 0) is 9.53 Å². The number of nitrogens with zero attached hydrogens (tertiary/aromatic N) is 1. The molecule has 4 rings (SSSR count). The first kappa shape index (κ1) is 21.1. The summed E-state index contributed by atoms with van der Waals surface area (Å²) in [6.07, 6.45) is 6.94. The number of hydrogen-bond donors (Lipinski definition) is 1. The molecule has 0 radical (unpaired) electrons. The molecular weight excluding hydrogens is 393 g/mol. The van der Waals surface area contributed by atoms with Crippen molar-refractivity contribution in [3.8, 4) is 11.1 Å². The van der Waals surface area contributed by atoms with E-state index in [9.17, 15) is 14.3 Å². The van der Waals surface area contributed by atoms with E-state index in [1.165, 1.54) is 12.1 Å². The number of fused-ring (bicyclic) bond motifs is 1. The molecule has 1 fully saturated rings. The average Bonchev–Trinajstić information content (AvgIpc) is 3.05. The van der Waals surface area contributed by atoms with E-state index in [0.717, 1.165) is 27.7 Å². The molecule has 3 aromatic rings. The molecule has 1 aliphatic heterocycles. The molecule has 4 nitrogen and oxygen atoms in total. The lowest BCUT2D eigenvalue weighted by atomic mass is 10.0. The fourth-order valence-corrected chi connectivity index (χ4v) is 4.18. The molecule has 1 aromatic heterocycles. The lowest BCUT2D eigenvalue weighted by Crippen LogP contribution is -2.31. The Labute approximate surface area is 181 Å². The van der Waals surface area contributed by atoms with Crippen molar-refractivity contribution < 1.29 is 19.0 Å². The molecule has 31 heavy (non-hydrogen) atoms. The van der Waals surface area contributed by atoms with Crippen LogP contribution in [0.3, 0.4) is 0 Å². The predicted molar refractivity (Wildman–Crippen MR) is 121 cm³/mol. The second-order valence-electron chi connectivity index (χ2n) is 8.11. The monoisotopic (exact) mass is 419 g/mol. The third-order valence-electron chi connectivity index (χ3n) is 5.48. The number of halogens is 1. The molecule has 1 aliphatic rings.